The SMILES string of the molecule is C=C1C(Br)=CC(C)=C(c2ccccc2)N1CCC. The van der Waals surface area contributed by atoms with Crippen molar-refractivity contribution in [2.75, 3.05) is 6.54 Å². The first-order valence-electron chi connectivity index (χ1n) is 6.25. The van der Waals surface area contributed by atoms with Crippen LogP contribution in [0.3, 0.4) is 0 Å². The van der Waals surface area contributed by atoms with Gasteiger partial charge in [-0.2, -0.15) is 0 Å². The Morgan fingerprint density at radius 3 is 2.50 bits per heavy atom. The highest BCUT2D eigenvalue weighted by Crippen LogP contribution is 2.36. The molecule has 0 bridgehead atoms. The van der Waals surface area contributed by atoms with Crippen molar-refractivity contribution in [3.05, 3.63) is 64.3 Å². The van der Waals surface area contributed by atoms with Gasteiger partial charge in [0.25, 0.3) is 0 Å². The summed E-state index contributed by atoms with van der Waals surface area (Å²) in [5.41, 5.74) is 4.83. The Labute approximate surface area is 118 Å². The predicted molar refractivity (Wildman–Crippen MR) is 82.2 cm³/mol. The van der Waals surface area contributed by atoms with Crippen LogP contribution in [0.4, 0.5) is 0 Å². The fourth-order valence-corrected chi connectivity index (χ4v) is 2.83. The molecule has 94 valence electrons. The fraction of sp³-hybridized carbons (Fsp3) is 0.250. The first kappa shape index (κ1) is 13.2. The summed E-state index contributed by atoms with van der Waals surface area (Å²) >= 11 is 3.59. The van der Waals surface area contributed by atoms with Crippen LogP contribution in [0.15, 0.2) is 58.7 Å². The summed E-state index contributed by atoms with van der Waals surface area (Å²) in [6.45, 7) is 9.51. The summed E-state index contributed by atoms with van der Waals surface area (Å²) in [6.07, 6.45) is 3.25. The highest BCUT2D eigenvalue weighted by atomic mass is 79.9. The van der Waals surface area contributed by atoms with Gasteiger partial charge >= 0.3 is 0 Å². The minimum Gasteiger partial charge on any atom is -0.340 e. The molecule has 0 atom stereocenters. The van der Waals surface area contributed by atoms with Crippen LogP contribution in [0.5, 0.6) is 0 Å². The number of benzene rings is 1. The molecule has 0 spiro atoms. The van der Waals surface area contributed by atoms with Crippen LogP contribution in [-0.4, -0.2) is 11.4 Å². The lowest BCUT2D eigenvalue weighted by Crippen LogP contribution is -2.25. The number of rotatable bonds is 3. The van der Waals surface area contributed by atoms with Gasteiger partial charge in [0, 0.05) is 16.7 Å². The molecule has 1 aromatic rings. The van der Waals surface area contributed by atoms with Crippen molar-refractivity contribution in [1.29, 1.82) is 0 Å². The summed E-state index contributed by atoms with van der Waals surface area (Å²) < 4.78 is 1.08. The van der Waals surface area contributed by atoms with E-state index in [0.717, 1.165) is 23.1 Å². The maximum atomic E-state index is 4.18. The molecule has 0 unspecified atom stereocenters. The average Bonchev–Trinajstić information content (AvgIpc) is 2.37. The van der Waals surface area contributed by atoms with Crippen molar-refractivity contribution in [3.8, 4) is 0 Å². The Morgan fingerprint density at radius 1 is 1.22 bits per heavy atom. The Kier molecular flexibility index (Phi) is 4.07. The second-order valence-electron chi connectivity index (χ2n) is 4.49. The largest absolute Gasteiger partial charge is 0.340 e. The summed E-state index contributed by atoms with van der Waals surface area (Å²) in [4.78, 5) is 2.30. The van der Waals surface area contributed by atoms with Gasteiger partial charge in [-0.3, -0.25) is 0 Å². The fourth-order valence-electron chi connectivity index (χ4n) is 2.27. The highest BCUT2D eigenvalue weighted by molar-refractivity contribution is 9.12. The van der Waals surface area contributed by atoms with Crippen molar-refractivity contribution in [3.63, 3.8) is 0 Å². The minimum absolute atomic E-state index is 0.989. The molecular weight excluding hydrogens is 286 g/mol. The standard InChI is InChI=1S/C16H18BrN/c1-4-10-18-13(3)15(17)11-12(2)16(18)14-8-6-5-7-9-14/h5-9,11H,3-4,10H2,1-2H3. The van der Waals surface area contributed by atoms with Gasteiger partial charge in [-0.15, -0.1) is 0 Å². The third-order valence-corrected chi connectivity index (χ3v) is 3.77. The van der Waals surface area contributed by atoms with Crippen LogP contribution in [0.1, 0.15) is 25.8 Å². The van der Waals surface area contributed by atoms with Crippen molar-refractivity contribution < 1.29 is 0 Å². The molecule has 1 aromatic carbocycles. The molecule has 0 N–H and O–H groups in total. The summed E-state index contributed by atoms with van der Waals surface area (Å²) in [6, 6.07) is 10.5. The van der Waals surface area contributed by atoms with Gasteiger partial charge in [0.15, 0.2) is 0 Å². The monoisotopic (exact) mass is 303 g/mol. The van der Waals surface area contributed by atoms with Crippen molar-refractivity contribution in [2.45, 2.75) is 20.3 Å². The Balaban J connectivity index is 2.52. The number of hydrogen-bond donors (Lipinski definition) is 0. The smallest absolute Gasteiger partial charge is 0.0514 e. The maximum Gasteiger partial charge on any atom is 0.0514 e. The number of allylic oxidation sites excluding steroid dienone is 3. The van der Waals surface area contributed by atoms with Crippen LogP contribution in [0, 0.1) is 0 Å². The van der Waals surface area contributed by atoms with Gasteiger partial charge in [-0.25, -0.2) is 0 Å². The minimum atomic E-state index is 0.989. The molecule has 0 aliphatic carbocycles. The average molecular weight is 304 g/mol. The summed E-state index contributed by atoms with van der Waals surface area (Å²) in [7, 11) is 0. The van der Waals surface area contributed by atoms with E-state index in [9.17, 15) is 0 Å². The van der Waals surface area contributed by atoms with E-state index in [1.54, 1.807) is 0 Å². The Bertz CT molecular complexity index is 511. The van der Waals surface area contributed by atoms with Gasteiger partial charge < -0.3 is 4.90 Å². The molecule has 2 rings (SSSR count). The van der Waals surface area contributed by atoms with Crippen molar-refractivity contribution >= 4 is 21.6 Å². The molecule has 1 aliphatic heterocycles. The number of nitrogens with zero attached hydrogens (tertiary/aromatic N) is 1. The molecule has 2 heteroatoms. The quantitative estimate of drug-likeness (QED) is 0.765. The molecule has 1 nitrogen and oxygen atoms in total. The van der Waals surface area contributed by atoms with Gasteiger partial charge in [0.2, 0.25) is 0 Å². The molecule has 1 aliphatic rings. The Hall–Kier alpha value is -1.28. The van der Waals surface area contributed by atoms with E-state index in [0.29, 0.717) is 0 Å². The molecule has 0 aromatic heterocycles. The van der Waals surface area contributed by atoms with Gasteiger partial charge in [-0.05, 0) is 46.5 Å². The van der Waals surface area contributed by atoms with E-state index < -0.39 is 0 Å². The van der Waals surface area contributed by atoms with Crippen molar-refractivity contribution in [2.24, 2.45) is 0 Å². The van der Waals surface area contributed by atoms with Crippen LogP contribution >= 0.6 is 15.9 Å². The molecule has 0 amide bonds. The van der Waals surface area contributed by atoms with E-state index in [1.165, 1.54) is 16.8 Å². The molecule has 0 radical (unpaired) electrons. The first-order chi connectivity index (χ1) is 8.65. The normalized spacial score (nSPS) is 16.1. The van der Waals surface area contributed by atoms with Crippen LogP contribution in [-0.2, 0) is 0 Å². The second-order valence-corrected chi connectivity index (χ2v) is 5.34. The highest BCUT2D eigenvalue weighted by Gasteiger charge is 2.21. The summed E-state index contributed by atoms with van der Waals surface area (Å²) in [5, 5.41) is 0. The Morgan fingerprint density at radius 2 is 1.89 bits per heavy atom. The lowest BCUT2D eigenvalue weighted by molar-refractivity contribution is 0.492. The lowest BCUT2D eigenvalue weighted by atomic mass is 10.0. The summed E-state index contributed by atoms with van der Waals surface area (Å²) in [5.74, 6) is 0. The lowest BCUT2D eigenvalue weighted by Gasteiger charge is -2.33. The third kappa shape index (κ3) is 2.44. The van der Waals surface area contributed by atoms with Crippen LogP contribution < -0.4 is 0 Å². The molecule has 0 saturated heterocycles. The first-order valence-corrected chi connectivity index (χ1v) is 7.04. The van der Waals surface area contributed by atoms with E-state index in [1.807, 2.05) is 6.07 Å². The topological polar surface area (TPSA) is 3.24 Å². The van der Waals surface area contributed by atoms with E-state index in [2.05, 4.69) is 71.6 Å². The molecule has 0 saturated carbocycles. The molecule has 0 fully saturated rings. The predicted octanol–water partition coefficient (Wildman–Crippen LogP) is 4.94. The maximum absolute atomic E-state index is 4.18. The van der Waals surface area contributed by atoms with Gasteiger partial charge in [0.05, 0.1) is 5.70 Å². The number of halogens is 1. The third-order valence-electron chi connectivity index (χ3n) is 3.08. The number of hydrogen-bond acceptors (Lipinski definition) is 1. The molecule has 1 heterocycles. The molecule has 18 heavy (non-hydrogen) atoms. The van der Waals surface area contributed by atoms with Crippen molar-refractivity contribution in [1.82, 2.24) is 4.90 Å². The van der Waals surface area contributed by atoms with Crippen LogP contribution in [0.25, 0.3) is 5.70 Å². The van der Waals surface area contributed by atoms with Gasteiger partial charge in [-0.1, -0.05) is 43.8 Å². The van der Waals surface area contributed by atoms with E-state index >= 15 is 0 Å². The zero-order valence-electron chi connectivity index (χ0n) is 10.9. The van der Waals surface area contributed by atoms with E-state index in [4.69, 9.17) is 0 Å². The van der Waals surface area contributed by atoms with Gasteiger partial charge in [0.1, 0.15) is 0 Å². The zero-order valence-corrected chi connectivity index (χ0v) is 12.5. The second kappa shape index (κ2) is 5.57. The zero-order chi connectivity index (χ0) is 13.1. The van der Waals surface area contributed by atoms with E-state index in [-0.39, 0.29) is 0 Å². The molecular formula is C16H18BrN. The van der Waals surface area contributed by atoms with Crippen LogP contribution in [0.2, 0.25) is 0 Å².